The van der Waals surface area contributed by atoms with Crippen molar-refractivity contribution in [3.63, 3.8) is 0 Å². The zero-order valence-corrected chi connectivity index (χ0v) is 14.9. The first kappa shape index (κ1) is 14.3. The summed E-state index contributed by atoms with van der Waals surface area (Å²) in [4.78, 5) is 8.48. The summed E-state index contributed by atoms with van der Waals surface area (Å²) in [6.07, 6.45) is -1.22. The van der Waals surface area contributed by atoms with Crippen molar-refractivity contribution in [1.29, 1.82) is 0 Å². The molecule has 5 atom stereocenters. The van der Waals surface area contributed by atoms with E-state index in [0.29, 0.717) is 37.6 Å². The number of hydrogen-bond acceptors (Lipinski definition) is 8. The van der Waals surface area contributed by atoms with Crippen molar-refractivity contribution in [2.45, 2.75) is 30.7 Å². The van der Waals surface area contributed by atoms with Gasteiger partial charge in [-0.05, 0) is 0 Å². The van der Waals surface area contributed by atoms with Crippen molar-refractivity contribution in [1.82, 2.24) is 12.3 Å². The Bertz CT molecular complexity index is 538. The third-order valence-electron chi connectivity index (χ3n) is 3.50. The third kappa shape index (κ3) is 2.08. The van der Waals surface area contributed by atoms with E-state index in [0.717, 1.165) is 0 Å². The number of imidazole rings is 1. The van der Waals surface area contributed by atoms with Gasteiger partial charge in [-0.15, -0.1) is 0 Å². The average molecular weight is 473 g/mol. The second kappa shape index (κ2) is 5.31. The van der Waals surface area contributed by atoms with Crippen molar-refractivity contribution >= 4 is 38.2 Å². The van der Waals surface area contributed by atoms with Gasteiger partial charge in [0.1, 0.15) is 0 Å². The second-order valence-corrected chi connectivity index (χ2v) is 7.04. The van der Waals surface area contributed by atoms with E-state index in [1.165, 1.54) is 10.9 Å². The minimum atomic E-state index is -1.16. The van der Waals surface area contributed by atoms with E-state index < -0.39 is 24.5 Å². The van der Waals surface area contributed by atoms with Crippen molar-refractivity contribution < 1.29 is 20.1 Å². The van der Waals surface area contributed by atoms with Gasteiger partial charge >= 0.3 is 131 Å². The topological polar surface area (TPSA) is 129 Å². The summed E-state index contributed by atoms with van der Waals surface area (Å²) in [6, 6.07) is 0. The summed E-state index contributed by atoms with van der Waals surface area (Å²) in [5.74, 6) is 0.504. The molecule has 0 amide bonds. The average Bonchev–Trinajstić information content (AvgIpc) is 2.98. The number of aliphatic hydroxyl groups is 3. The molecule has 1 aromatic rings. The predicted octanol–water partition coefficient (Wildman–Crippen LogP) is -2.49. The quantitative estimate of drug-likeness (QED) is 0.351. The first-order valence-corrected chi connectivity index (χ1v) is 8.07. The van der Waals surface area contributed by atoms with Crippen molar-refractivity contribution in [2.75, 3.05) is 6.61 Å². The van der Waals surface area contributed by atoms with Crippen molar-refractivity contribution in [2.24, 2.45) is 10.7 Å². The molecule has 0 aromatic carbocycles. The number of nitrogens with two attached hydrogens (primary N) is 1. The molecular formula is C10H14N5O4Tl. The fourth-order valence-corrected chi connectivity index (χ4v) is 3.15. The van der Waals surface area contributed by atoms with Crippen LogP contribution in [0.4, 0.5) is 5.82 Å². The molecule has 3 rings (SSSR count). The molecule has 0 saturated carbocycles. The zero-order valence-electron chi connectivity index (χ0n) is 10.4. The van der Waals surface area contributed by atoms with Crippen LogP contribution in [0, 0.1) is 0 Å². The van der Waals surface area contributed by atoms with Crippen molar-refractivity contribution in [3.05, 3.63) is 12.0 Å². The third-order valence-corrected chi connectivity index (χ3v) is 5.27. The van der Waals surface area contributed by atoms with Gasteiger partial charge in [0.15, 0.2) is 0 Å². The summed E-state index contributed by atoms with van der Waals surface area (Å²) in [5.41, 5.74) is 6.63. The number of ether oxygens (including phenoxy) is 1. The van der Waals surface area contributed by atoms with Crippen LogP contribution in [0.2, 0.25) is 0 Å². The molecule has 1 fully saturated rings. The van der Waals surface area contributed by atoms with Gasteiger partial charge in [0.05, 0.1) is 0 Å². The molecule has 0 radical (unpaired) electrons. The number of fused-ring (bicyclic) bond motifs is 1. The van der Waals surface area contributed by atoms with Gasteiger partial charge in [0.2, 0.25) is 0 Å². The van der Waals surface area contributed by atoms with Crippen LogP contribution in [0.5, 0.6) is 0 Å². The van der Waals surface area contributed by atoms with Gasteiger partial charge < -0.3 is 0 Å². The van der Waals surface area contributed by atoms with Crippen LogP contribution in [0.25, 0.3) is 0 Å². The molecule has 3 heterocycles. The van der Waals surface area contributed by atoms with E-state index >= 15 is 0 Å². The Kier molecular flexibility index (Phi) is 3.81. The van der Waals surface area contributed by atoms with E-state index in [-0.39, 0.29) is 12.8 Å². The Morgan fingerprint density at radius 2 is 2.15 bits per heavy atom. The summed E-state index contributed by atoms with van der Waals surface area (Å²) >= 11 is 0.506. The molecule has 0 aliphatic carbocycles. The number of aliphatic hydroxyl groups excluding tert-OH is 3. The Morgan fingerprint density at radius 1 is 1.40 bits per heavy atom. The molecule has 2 aliphatic heterocycles. The molecule has 10 heteroatoms. The van der Waals surface area contributed by atoms with Crippen LogP contribution >= 0.6 is 0 Å². The Balaban J connectivity index is 1.95. The van der Waals surface area contributed by atoms with Crippen molar-refractivity contribution in [3.8, 4) is 0 Å². The Labute approximate surface area is 130 Å². The standard InChI is InChI=1S/C10H14N5O4.Tl/c11-8-5-9(13-2-12-8)15(3-14-5)10-7(18)6(17)4(1-16)19-10;/h2-4,6-8,10,16-18H,1,11H2;/q-1;+1/t4-,6?,7?,8?,10-;/m1./s1. The number of nitrogens with zero attached hydrogens (tertiary/aromatic N) is 4. The SMILES string of the molecule is NC1c2ncn([C@@H]3O[C@H](CO)C(O)C3O)c2N=C[N]1[Tl]. The van der Waals surface area contributed by atoms with Gasteiger partial charge in [0, 0.05) is 0 Å². The first-order chi connectivity index (χ1) is 9.54. The maximum absolute atomic E-state index is 10.0. The normalized spacial score (nSPS) is 36.4. The molecule has 9 nitrogen and oxygen atoms in total. The molecule has 20 heavy (non-hydrogen) atoms. The van der Waals surface area contributed by atoms with Gasteiger partial charge in [-0.3, -0.25) is 0 Å². The fourth-order valence-electron chi connectivity index (χ4n) is 2.34. The van der Waals surface area contributed by atoms with Gasteiger partial charge in [0.25, 0.3) is 0 Å². The molecule has 1 aromatic heterocycles. The molecular weight excluding hydrogens is 459 g/mol. The van der Waals surface area contributed by atoms with Crippen LogP contribution in [-0.2, 0) is 4.74 Å². The van der Waals surface area contributed by atoms with E-state index in [2.05, 4.69) is 9.98 Å². The first-order valence-electron chi connectivity index (χ1n) is 6.06. The van der Waals surface area contributed by atoms with Crippen LogP contribution in [0.3, 0.4) is 0 Å². The zero-order chi connectivity index (χ0) is 14.4. The predicted molar refractivity (Wildman–Crippen MR) is 67.9 cm³/mol. The number of hydrogen-bond donors (Lipinski definition) is 4. The number of rotatable bonds is 2. The van der Waals surface area contributed by atoms with Crippen LogP contribution in [-0.4, -0.2) is 84.9 Å². The molecule has 0 bridgehead atoms. The van der Waals surface area contributed by atoms with E-state index in [4.69, 9.17) is 15.6 Å². The summed E-state index contributed by atoms with van der Waals surface area (Å²) in [5, 5.41) is 28.9. The molecule has 2 aliphatic rings. The van der Waals surface area contributed by atoms with E-state index in [1.54, 1.807) is 6.34 Å². The summed E-state index contributed by atoms with van der Waals surface area (Å²) in [7, 11) is 0. The number of aliphatic imine (C=N–C) groups is 1. The van der Waals surface area contributed by atoms with Gasteiger partial charge in [-0.2, -0.15) is 0 Å². The Hall–Kier alpha value is -0.598. The van der Waals surface area contributed by atoms with Gasteiger partial charge in [-0.25, -0.2) is 0 Å². The molecule has 106 valence electrons. The monoisotopic (exact) mass is 473 g/mol. The van der Waals surface area contributed by atoms with E-state index in [1.807, 2.05) is 2.71 Å². The number of aromatic nitrogens is 2. The molecule has 3 unspecified atom stereocenters. The van der Waals surface area contributed by atoms with E-state index in [9.17, 15) is 10.2 Å². The maximum atomic E-state index is 10.0. The molecule has 1 saturated heterocycles. The Morgan fingerprint density at radius 3 is 2.80 bits per heavy atom. The minimum absolute atomic E-state index is 0.356. The molecule has 5 N–H and O–H groups in total. The second-order valence-electron chi connectivity index (χ2n) is 4.73. The summed E-state index contributed by atoms with van der Waals surface area (Å²) < 4.78 is 8.87. The fraction of sp³-hybridized carbons (Fsp3) is 0.600. The van der Waals surface area contributed by atoms with Crippen LogP contribution < -0.4 is 5.73 Å². The van der Waals surface area contributed by atoms with Crippen LogP contribution in [0.1, 0.15) is 18.1 Å². The van der Waals surface area contributed by atoms with Crippen LogP contribution in [0.15, 0.2) is 11.3 Å². The summed E-state index contributed by atoms with van der Waals surface area (Å²) in [6.45, 7) is -0.371. The molecule has 0 spiro atoms. The van der Waals surface area contributed by atoms with Gasteiger partial charge in [-0.1, -0.05) is 0 Å².